The minimum absolute atomic E-state index is 0.358. The van der Waals surface area contributed by atoms with Gasteiger partial charge in [-0.05, 0) is 18.2 Å². The number of thiazole rings is 1. The van der Waals surface area contributed by atoms with E-state index in [1.165, 1.54) is 23.6 Å². The van der Waals surface area contributed by atoms with Crippen molar-refractivity contribution in [3.8, 4) is 23.6 Å². The first-order valence-electron chi connectivity index (χ1n) is 6.82. The quantitative estimate of drug-likeness (QED) is 0.440. The smallest absolute Gasteiger partial charge is 0.203 e. The number of halogens is 1. The number of rotatable bonds is 4. The van der Waals surface area contributed by atoms with Gasteiger partial charge in [-0.3, -0.25) is 5.43 Å². The second kappa shape index (κ2) is 6.86. The van der Waals surface area contributed by atoms with Gasteiger partial charge >= 0.3 is 0 Å². The largest absolute Gasteiger partial charge is 0.253 e. The Balaban J connectivity index is 1.69. The molecule has 0 amide bonds. The van der Waals surface area contributed by atoms with Crippen LogP contribution in [0.4, 0.5) is 9.52 Å². The SMILES string of the molecule is C#Cc1ccc(C=NNc2nc(-c3ccccc3)cs2)c(F)c1. The zero-order valence-electron chi connectivity index (χ0n) is 12.0. The first-order chi connectivity index (χ1) is 11.3. The van der Waals surface area contributed by atoms with Crippen molar-refractivity contribution in [1.82, 2.24) is 4.98 Å². The van der Waals surface area contributed by atoms with E-state index in [4.69, 9.17) is 6.42 Å². The molecule has 5 heteroatoms. The molecule has 0 radical (unpaired) electrons. The van der Waals surface area contributed by atoms with Crippen LogP contribution in [0.2, 0.25) is 0 Å². The lowest BCUT2D eigenvalue weighted by atomic mass is 10.1. The summed E-state index contributed by atoms with van der Waals surface area (Å²) in [5, 5.41) is 6.60. The molecule has 0 aliphatic carbocycles. The van der Waals surface area contributed by atoms with Gasteiger partial charge < -0.3 is 0 Å². The molecule has 0 fully saturated rings. The average molecular weight is 321 g/mol. The van der Waals surface area contributed by atoms with Crippen molar-refractivity contribution < 1.29 is 4.39 Å². The van der Waals surface area contributed by atoms with Gasteiger partial charge in [0.2, 0.25) is 5.13 Å². The van der Waals surface area contributed by atoms with Gasteiger partial charge in [0.25, 0.3) is 0 Å². The number of nitrogens with one attached hydrogen (secondary N) is 1. The summed E-state index contributed by atoms with van der Waals surface area (Å²) in [7, 11) is 0. The highest BCUT2D eigenvalue weighted by Crippen LogP contribution is 2.24. The molecule has 0 aliphatic heterocycles. The van der Waals surface area contributed by atoms with E-state index in [1.807, 2.05) is 35.7 Å². The van der Waals surface area contributed by atoms with Gasteiger partial charge in [-0.15, -0.1) is 17.8 Å². The fraction of sp³-hybridized carbons (Fsp3) is 0. The molecule has 1 aromatic heterocycles. The molecule has 0 bridgehead atoms. The molecule has 2 aromatic carbocycles. The molecule has 3 aromatic rings. The molecule has 3 rings (SSSR count). The molecular formula is C18H12FN3S. The number of anilines is 1. The Bertz CT molecular complexity index is 879. The molecule has 112 valence electrons. The highest BCUT2D eigenvalue weighted by atomic mass is 32.1. The van der Waals surface area contributed by atoms with E-state index in [1.54, 1.807) is 12.1 Å². The van der Waals surface area contributed by atoms with Gasteiger partial charge in [0, 0.05) is 22.1 Å². The highest BCUT2D eigenvalue weighted by Gasteiger charge is 2.03. The van der Waals surface area contributed by atoms with Crippen LogP contribution in [0.5, 0.6) is 0 Å². The number of aromatic nitrogens is 1. The Labute approximate surface area is 137 Å². The minimum atomic E-state index is -0.407. The van der Waals surface area contributed by atoms with Gasteiger partial charge in [-0.2, -0.15) is 5.10 Å². The normalized spacial score (nSPS) is 10.6. The van der Waals surface area contributed by atoms with Gasteiger partial charge in [0.15, 0.2) is 0 Å². The Morgan fingerprint density at radius 1 is 1.22 bits per heavy atom. The summed E-state index contributed by atoms with van der Waals surface area (Å²) in [6.07, 6.45) is 6.63. The number of hydrogen-bond acceptors (Lipinski definition) is 4. The molecule has 3 nitrogen and oxygen atoms in total. The second-order valence-corrected chi connectivity index (χ2v) is 5.51. The number of hydrazone groups is 1. The lowest BCUT2D eigenvalue weighted by Crippen LogP contribution is -1.93. The Hall–Kier alpha value is -2.97. The maximum absolute atomic E-state index is 13.8. The number of benzene rings is 2. The summed E-state index contributed by atoms with van der Waals surface area (Å²) < 4.78 is 13.8. The van der Waals surface area contributed by atoms with E-state index in [0.29, 0.717) is 16.3 Å². The van der Waals surface area contributed by atoms with Crippen LogP contribution in [-0.4, -0.2) is 11.2 Å². The summed E-state index contributed by atoms with van der Waals surface area (Å²) in [6, 6.07) is 14.4. The van der Waals surface area contributed by atoms with Crippen LogP contribution in [0.25, 0.3) is 11.3 Å². The molecule has 1 N–H and O–H groups in total. The Kier molecular flexibility index (Phi) is 4.46. The first-order valence-corrected chi connectivity index (χ1v) is 7.70. The highest BCUT2D eigenvalue weighted by molar-refractivity contribution is 7.14. The van der Waals surface area contributed by atoms with Crippen molar-refractivity contribution in [2.75, 3.05) is 5.43 Å². The monoisotopic (exact) mass is 321 g/mol. The molecule has 0 unspecified atom stereocenters. The molecule has 0 spiro atoms. The zero-order valence-corrected chi connectivity index (χ0v) is 12.8. The van der Waals surface area contributed by atoms with Crippen molar-refractivity contribution in [3.05, 3.63) is 70.9 Å². The zero-order chi connectivity index (χ0) is 16.1. The molecular weight excluding hydrogens is 309 g/mol. The van der Waals surface area contributed by atoms with Gasteiger partial charge in [0.05, 0.1) is 11.9 Å². The maximum Gasteiger partial charge on any atom is 0.203 e. The van der Waals surface area contributed by atoms with E-state index in [9.17, 15) is 4.39 Å². The summed E-state index contributed by atoms with van der Waals surface area (Å²) in [6.45, 7) is 0. The maximum atomic E-state index is 13.8. The number of nitrogens with zero attached hydrogens (tertiary/aromatic N) is 2. The average Bonchev–Trinajstić information content (AvgIpc) is 3.06. The van der Waals surface area contributed by atoms with Gasteiger partial charge in [0.1, 0.15) is 5.82 Å². The molecule has 0 saturated heterocycles. The van der Waals surface area contributed by atoms with Crippen LogP contribution >= 0.6 is 11.3 Å². The van der Waals surface area contributed by atoms with Crippen molar-refractivity contribution in [2.24, 2.45) is 5.10 Å². The van der Waals surface area contributed by atoms with E-state index in [0.717, 1.165) is 11.3 Å². The number of hydrogen-bond donors (Lipinski definition) is 1. The Morgan fingerprint density at radius 3 is 2.78 bits per heavy atom. The standard InChI is InChI=1S/C18H12FN3S/c1-2-13-8-9-15(16(19)10-13)11-20-22-18-21-17(12-23-18)14-6-4-3-5-7-14/h1,3-12H,(H,21,22). The third-order valence-corrected chi connectivity index (χ3v) is 3.85. The van der Waals surface area contributed by atoms with E-state index in [2.05, 4.69) is 21.4 Å². The van der Waals surface area contributed by atoms with Gasteiger partial charge in [-0.1, -0.05) is 36.3 Å². The molecule has 0 saturated carbocycles. The molecule has 0 aliphatic rings. The Morgan fingerprint density at radius 2 is 2.04 bits per heavy atom. The van der Waals surface area contributed by atoms with E-state index >= 15 is 0 Å². The van der Waals surface area contributed by atoms with Crippen LogP contribution in [0.3, 0.4) is 0 Å². The van der Waals surface area contributed by atoms with Crippen molar-refractivity contribution in [1.29, 1.82) is 0 Å². The topological polar surface area (TPSA) is 37.3 Å². The van der Waals surface area contributed by atoms with Crippen molar-refractivity contribution in [2.45, 2.75) is 0 Å². The summed E-state index contributed by atoms with van der Waals surface area (Å²) in [5.74, 6) is 1.98. The minimum Gasteiger partial charge on any atom is -0.253 e. The summed E-state index contributed by atoms with van der Waals surface area (Å²) >= 11 is 1.43. The van der Waals surface area contributed by atoms with Crippen LogP contribution < -0.4 is 5.43 Å². The van der Waals surface area contributed by atoms with E-state index < -0.39 is 5.82 Å². The molecule has 0 atom stereocenters. The van der Waals surface area contributed by atoms with Crippen LogP contribution in [0.15, 0.2) is 59.0 Å². The van der Waals surface area contributed by atoms with Crippen LogP contribution in [0, 0.1) is 18.2 Å². The third-order valence-electron chi connectivity index (χ3n) is 3.10. The predicted molar refractivity (Wildman–Crippen MR) is 93.1 cm³/mol. The van der Waals surface area contributed by atoms with Crippen LogP contribution in [-0.2, 0) is 0 Å². The first kappa shape index (κ1) is 14.9. The van der Waals surface area contributed by atoms with Crippen molar-refractivity contribution >= 4 is 22.7 Å². The predicted octanol–water partition coefficient (Wildman–Crippen LogP) is 4.38. The second-order valence-electron chi connectivity index (χ2n) is 4.65. The van der Waals surface area contributed by atoms with Crippen LogP contribution in [0.1, 0.15) is 11.1 Å². The third kappa shape index (κ3) is 3.62. The molecule has 23 heavy (non-hydrogen) atoms. The lowest BCUT2D eigenvalue weighted by molar-refractivity contribution is 0.625. The lowest BCUT2D eigenvalue weighted by Gasteiger charge is -1.98. The summed E-state index contributed by atoms with van der Waals surface area (Å²) in [4.78, 5) is 4.43. The van der Waals surface area contributed by atoms with Gasteiger partial charge in [-0.25, -0.2) is 9.37 Å². The molecule has 1 heterocycles. The van der Waals surface area contributed by atoms with Crippen molar-refractivity contribution in [3.63, 3.8) is 0 Å². The number of terminal acetylenes is 1. The van der Waals surface area contributed by atoms with E-state index in [-0.39, 0.29) is 0 Å². The summed E-state index contributed by atoms with van der Waals surface area (Å²) in [5.41, 5.74) is 5.58. The fourth-order valence-electron chi connectivity index (χ4n) is 1.95. The fourth-order valence-corrected chi connectivity index (χ4v) is 2.61.